The zero-order chi connectivity index (χ0) is 24.9. The highest BCUT2D eigenvalue weighted by Crippen LogP contribution is 2.36. The zero-order valence-corrected chi connectivity index (χ0v) is 21.1. The maximum absolute atomic E-state index is 14.0. The largest absolute Gasteiger partial charge is 0.345 e. The SMILES string of the molecule is Cc1cc(F)cc(C)c1-c1c(C)nn2c(C(C)C)c(C(=O)N[C@H]3CCCc4ccccc43)ccc12. The molecule has 0 saturated heterocycles. The number of aryl methyl sites for hydroxylation is 4. The molecular formula is C30H32FN3O. The van der Waals surface area contributed by atoms with Gasteiger partial charge in [0, 0.05) is 5.56 Å². The summed E-state index contributed by atoms with van der Waals surface area (Å²) in [7, 11) is 0. The number of amides is 1. The Labute approximate surface area is 206 Å². The van der Waals surface area contributed by atoms with E-state index in [0.29, 0.717) is 5.56 Å². The van der Waals surface area contributed by atoms with Crippen molar-refractivity contribution < 1.29 is 9.18 Å². The van der Waals surface area contributed by atoms with Crippen LogP contribution in [-0.4, -0.2) is 15.5 Å². The van der Waals surface area contributed by atoms with Gasteiger partial charge < -0.3 is 5.32 Å². The molecule has 0 radical (unpaired) electrons. The summed E-state index contributed by atoms with van der Waals surface area (Å²) in [5.74, 6) is -0.217. The summed E-state index contributed by atoms with van der Waals surface area (Å²) in [6, 6.07) is 15.5. The fourth-order valence-electron chi connectivity index (χ4n) is 5.75. The third-order valence-electron chi connectivity index (χ3n) is 7.22. The summed E-state index contributed by atoms with van der Waals surface area (Å²) in [4.78, 5) is 13.6. The average molecular weight is 470 g/mol. The molecule has 0 spiro atoms. The second-order valence-electron chi connectivity index (χ2n) is 10.1. The standard InChI is InChI=1S/C30H32FN3O/c1-17(2)29-24(30(35)32-25-12-8-10-21-9-6-7-11-23(21)25)13-14-26-28(20(5)33-34(26)29)27-18(3)15-22(31)16-19(27)4/h6-7,9,11,13-17,25H,8,10,12H2,1-5H3,(H,32,35)/t25-/m0/s1. The van der Waals surface area contributed by atoms with Crippen molar-refractivity contribution in [1.82, 2.24) is 14.9 Å². The molecule has 0 saturated carbocycles. The van der Waals surface area contributed by atoms with E-state index in [-0.39, 0.29) is 23.7 Å². The van der Waals surface area contributed by atoms with Crippen LogP contribution in [0, 0.1) is 26.6 Å². The van der Waals surface area contributed by atoms with Crippen molar-refractivity contribution >= 4 is 11.4 Å². The predicted molar refractivity (Wildman–Crippen MR) is 138 cm³/mol. The Morgan fingerprint density at radius 2 is 1.77 bits per heavy atom. The van der Waals surface area contributed by atoms with Crippen LogP contribution >= 0.6 is 0 Å². The molecule has 5 rings (SSSR count). The quantitative estimate of drug-likeness (QED) is 0.350. The molecule has 2 aromatic heterocycles. The maximum Gasteiger partial charge on any atom is 0.253 e. The Hall–Kier alpha value is -3.47. The number of halogens is 1. The minimum absolute atomic E-state index is 0.0163. The van der Waals surface area contributed by atoms with Crippen LogP contribution in [0.4, 0.5) is 4.39 Å². The molecule has 1 amide bonds. The molecule has 1 aliphatic carbocycles. The third kappa shape index (κ3) is 4.03. The number of pyridine rings is 1. The van der Waals surface area contributed by atoms with Gasteiger partial charge >= 0.3 is 0 Å². The Morgan fingerprint density at radius 3 is 2.49 bits per heavy atom. The summed E-state index contributed by atoms with van der Waals surface area (Å²) < 4.78 is 15.9. The molecule has 2 heterocycles. The van der Waals surface area contributed by atoms with E-state index in [1.807, 2.05) is 43.5 Å². The average Bonchev–Trinajstić information content (AvgIpc) is 3.13. The number of nitrogens with zero attached hydrogens (tertiary/aromatic N) is 2. The van der Waals surface area contributed by atoms with Crippen molar-refractivity contribution in [3.05, 3.63) is 93.6 Å². The van der Waals surface area contributed by atoms with Crippen LogP contribution in [-0.2, 0) is 6.42 Å². The molecular weight excluding hydrogens is 437 g/mol. The number of carbonyl (C=O) groups excluding carboxylic acids is 1. The first-order valence-corrected chi connectivity index (χ1v) is 12.4. The lowest BCUT2D eigenvalue weighted by Gasteiger charge is -2.27. The topological polar surface area (TPSA) is 46.4 Å². The summed E-state index contributed by atoms with van der Waals surface area (Å²) in [5, 5.41) is 8.19. The summed E-state index contributed by atoms with van der Waals surface area (Å²) in [6.45, 7) is 10.0. The normalized spacial score (nSPS) is 15.5. The summed E-state index contributed by atoms with van der Waals surface area (Å²) >= 11 is 0. The van der Waals surface area contributed by atoms with Crippen LogP contribution in [0.3, 0.4) is 0 Å². The van der Waals surface area contributed by atoms with Crippen molar-refractivity contribution in [3.63, 3.8) is 0 Å². The summed E-state index contributed by atoms with van der Waals surface area (Å²) in [6.07, 6.45) is 3.07. The smallest absolute Gasteiger partial charge is 0.253 e. The molecule has 0 unspecified atom stereocenters. The van der Waals surface area contributed by atoms with Gasteiger partial charge in [0.15, 0.2) is 0 Å². The molecule has 1 atom stereocenters. The first-order valence-electron chi connectivity index (χ1n) is 12.4. The highest BCUT2D eigenvalue weighted by Gasteiger charge is 2.26. The predicted octanol–water partition coefficient (Wildman–Crippen LogP) is 7.00. The van der Waals surface area contributed by atoms with Gasteiger partial charge in [0.25, 0.3) is 5.91 Å². The number of fused-ring (bicyclic) bond motifs is 2. The van der Waals surface area contributed by atoms with Gasteiger partial charge in [-0.15, -0.1) is 0 Å². The van der Waals surface area contributed by atoms with Crippen molar-refractivity contribution in [1.29, 1.82) is 0 Å². The fraction of sp³-hybridized carbons (Fsp3) is 0.333. The molecule has 4 nitrogen and oxygen atoms in total. The molecule has 0 fully saturated rings. The second-order valence-corrected chi connectivity index (χ2v) is 10.1. The van der Waals surface area contributed by atoms with Crippen molar-refractivity contribution in [3.8, 4) is 11.1 Å². The van der Waals surface area contributed by atoms with Crippen LogP contribution in [0.25, 0.3) is 16.6 Å². The van der Waals surface area contributed by atoms with Crippen molar-refractivity contribution in [2.75, 3.05) is 0 Å². The van der Waals surface area contributed by atoms with Gasteiger partial charge in [0.1, 0.15) is 5.82 Å². The Balaban J connectivity index is 1.60. The second kappa shape index (κ2) is 8.95. The van der Waals surface area contributed by atoms with E-state index in [1.165, 1.54) is 11.1 Å². The number of rotatable bonds is 4. The van der Waals surface area contributed by atoms with Gasteiger partial charge in [-0.2, -0.15) is 5.10 Å². The van der Waals surface area contributed by atoms with Gasteiger partial charge in [0.2, 0.25) is 0 Å². The van der Waals surface area contributed by atoms with Crippen LogP contribution < -0.4 is 5.32 Å². The van der Waals surface area contributed by atoms with E-state index in [2.05, 4.69) is 37.4 Å². The lowest BCUT2D eigenvalue weighted by Crippen LogP contribution is -2.32. The van der Waals surface area contributed by atoms with Gasteiger partial charge in [-0.3, -0.25) is 4.79 Å². The lowest BCUT2D eigenvalue weighted by molar-refractivity contribution is 0.0930. The first-order chi connectivity index (χ1) is 16.8. The maximum atomic E-state index is 14.0. The van der Waals surface area contributed by atoms with Crippen LogP contribution in [0.2, 0.25) is 0 Å². The van der Waals surface area contributed by atoms with E-state index in [9.17, 15) is 9.18 Å². The number of hydrogen-bond donors (Lipinski definition) is 1. The van der Waals surface area contributed by atoms with E-state index in [0.717, 1.165) is 58.4 Å². The molecule has 5 heteroatoms. The monoisotopic (exact) mass is 469 g/mol. The minimum Gasteiger partial charge on any atom is -0.345 e. The minimum atomic E-state index is -0.232. The molecule has 1 N–H and O–H groups in total. The van der Waals surface area contributed by atoms with Crippen molar-refractivity contribution in [2.24, 2.45) is 0 Å². The van der Waals surface area contributed by atoms with E-state index >= 15 is 0 Å². The van der Waals surface area contributed by atoms with Gasteiger partial charge in [-0.25, -0.2) is 8.91 Å². The number of hydrogen-bond acceptors (Lipinski definition) is 2. The van der Waals surface area contributed by atoms with E-state index < -0.39 is 0 Å². The molecule has 1 aliphatic rings. The fourth-order valence-corrected chi connectivity index (χ4v) is 5.75. The number of carbonyl (C=O) groups is 1. The van der Waals surface area contributed by atoms with Crippen LogP contribution in [0.5, 0.6) is 0 Å². The van der Waals surface area contributed by atoms with Crippen LogP contribution in [0.1, 0.15) is 82.6 Å². The highest BCUT2D eigenvalue weighted by molar-refractivity contribution is 5.97. The first kappa shape index (κ1) is 23.3. The highest BCUT2D eigenvalue weighted by atomic mass is 19.1. The number of aromatic nitrogens is 2. The van der Waals surface area contributed by atoms with E-state index in [4.69, 9.17) is 5.10 Å². The van der Waals surface area contributed by atoms with Gasteiger partial charge in [-0.1, -0.05) is 38.1 Å². The molecule has 0 bridgehead atoms. The number of benzene rings is 2. The molecule has 35 heavy (non-hydrogen) atoms. The summed E-state index contributed by atoms with van der Waals surface area (Å²) in [5.41, 5.74) is 9.63. The van der Waals surface area contributed by atoms with E-state index in [1.54, 1.807) is 12.1 Å². The zero-order valence-electron chi connectivity index (χ0n) is 21.1. The lowest BCUT2D eigenvalue weighted by atomic mass is 9.87. The number of nitrogens with one attached hydrogen (secondary N) is 1. The molecule has 0 aliphatic heterocycles. The van der Waals surface area contributed by atoms with Gasteiger partial charge in [0.05, 0.1) is 28.5 Å². The molecule has 2 aromatic carbocycles. The Bertz CT molecular complexity index is 1430. The molecule has 4 aromatic rings. The Morgan fingerprint density at radius 1 is 1.06 bits per heavy atom. The Kier molecular flexibility index (Phi) is 5.96. The van der Waals surface area contributed by atoms with Crippen molar-refractivity contribution in [2.45, 2.75) is 65.8 Å². The van der Waals surface area contributed by atoms with Crippen LogP contribution in [0.15, 0.2) is 48.5 Å². The van der Waals surface area contributed by atoms with Gasteiger partial charge in [-0.05, 0) is 98.0 Å². The molecule has 180 valence electrons. The third-order valence-corrected chi connectivity index (χ3v) is 7.22.